The van der Waals surface area contributed by atoms with Crippen molar-refractivity contribution < 1.29 is 14.6 Å². The minimum absolute atomic E-state index is 0.388. The molecule has 6 rings (SSSR count). The van der Waals surface area contributed by atoms with Gasteiger partial charge in [-0.2, -0.15) is 0 Å². The molecule has 2 aromatic carbocycles. The van der Waals surface area contributed by atoms with Crippen LogP contribution in [0.15, 0.2) is 91.3 Å². The van der Waals surface area contributed by atoms with E-state index < -0.39 is 12.0 Å². The molecule has 0 bridgehead atoms. The third-order valence-electron chi connectivity index (χ3n) is 8.39. The molecule has 4 heterocycles. The molecule has 1 atom stereocenters. The lowest BCUT2D eigenvalue weighted by molar-refractivity contribution is -0.138. The third-order valence-corrected chi connectivity index (χ3v) is 8.39. The predicted molar refractivity (Wildman–Crippen MR) is 185 cm³/mol. The van der Waals surface area contributed by atoms with E-state index >= 15 is 0 Å². The molecule has 0 fully saturated rings. The van der Waals surface area contributed by atoms with Gasteiger partial charge in [-0.05, 0) is 93.1 Å². The largest absolute Gasteiger partial charge is 0.492 e. The molecule has 3 aromatic heterocycles. The van der Waals surface area contributed by atoms with E-state index in [9.17, 15) is 9.90 Å². The second-order valence-corrected chi connectivity index (χ2v) is 11.8. The molecule has 10 heteroatoms. The van der Waals surface area contributed by atoms with Crippen molar-refractivity contribution in [1.29, 1.82) is 0 Å². The molecule has 5 aromatic rings. The van der Waals surface area contributed by atoms with Crippen LogP contribution in [0, 0.1) is 0 Å². The first-order valence-electron chi connectivity index (χ1n) is 16.4. The van der Waals surface area contributed by atoms with Crippen molar-refractivity contribution in [3.05, 3.63) is 103 Å². The normalized spacial score (nSPS) is 13.1. The summed E-state index contributed by atoms with van der Waals surface area (Å²) in [4.78, 5) is 33.4. The number of aliphatic carboxylic acids is 1. The molecule has 0 unspecified atom stereocenters. The van der Waals surface area contributed by atoms with Crippen molar-refractivity contribution in [1.82, 2.24) is 24.8 Å². The number of carboxylic acid groups (broad SMARTS) is 1. The molecule has 0 aliphatic carbocycles. The Morgan fingerprint density at radius 1 is 0.936 bits per heavy atom. The van der Waals surface area contributed by atoms with Crippen molar-refractivity contribution >= 4 is 28.5 Å². The van der Waals surface area contributed by atoms with Crippen LogP contribution in [0.2, 0.25) is 0 Å². The van der Waals surface area contributed by atoms with Gasteiger partial charge in [0.2, 0.25) is 0 Å². The van der Waals surface area contributed by atoms with E-state index in [0.29, 0.717) is 37.8 Å². The van der Waals surface area contributed by atoms with Gasteiger partial charge in [0, 0.05) is 48.7 Å². The smallest absolute Gasteiger partial charge is 0.326 e. The number of unbranched alkanes of at least 4 members (excludes halogenated alkanes) is 1. The zero-order valence-electron chi connectivity index (χ0n) is 26.5. The molecule has 47 heavy (non-hydrogen) atoms. The first kappa shape index (κ1) is 31.9. The van der Waals surface area contributed by atoms with Crippen LogP contribution >= 0.6 is 0 Å². The molecule has 242 valence electrons. The summed E-state index contributed by atoms with van der Waals surface area (Å²) in [5, 5.41) is 17.7. The van der Waals surface area contributed by atoms with Gasteiger partial charge in [-0.1, -0.05) is 36.4 Å². The summed E-state index contributed by atoms with van der Waals surface area (Å²) in [5.41, 5.74) is 3.90. The lowest BCUT2D eigenvalue weighted by Gasteiger charge is -2.25. The SMILES string of the molecule is O=C(O)[C@H](CCN(CCCCc1ccc2c(n1)NCCC2)CCOc1ccccc1)Nc1nc(-c2cccnc2)nc2ccccc12. The van der Waals surface area contributed by atoms with E-state index in [1.807, 2.05) is 66.7 Å². The highest BCUT2D eigenvalue weighted by Crippen LogP contribution is 2.26. The fourth-order valence-electron chi connectivity index (χ4n) is 5.84. The van der Waals surface area contributed by atoms with Gasteiger partial charge in [0.15, 0.2) is 5.82 Å². The number of hydrogen-bond donors (Lipinski definition) is 3. The van der Waals surface area contributed by atoms with Crippen LogP contribution < -0.4 is 15.4 Å². The number of carbonyl (C=O) groups is 1. The van der Waals surface area contributed by atoms with Crippen molar-refractivity contribution in [2.45, 2.75) is 44.6 Å². The monoisotopic (exact) mass is 631 g/mol. The third kappa shape index (κ3) is 8.80. The van der Waals surface area contributed by atoms with Crippen LogP contribution in [0.25, 0.3) is 22.3 Å². The quantitative estimate of drug-likeness (QED) is 0.110. The second kappa shape index (κ2) is 16.0. The minimum Gasteiger partial charge on any atom is -0.492 e. The van der Waals surface area contributed by atoms with Crippen LogP contribution in [-0.4, -0.2) is 74.7 Å². The van der Waals surface area contributed by atoms with Gasteiger partial charge < -0.3 is 20.5 Å². The lowest BCUT2D eigenvalue weighted by Crippen LogP contribution is -2.37. The van der Waals surface area contributed by atoms with E-state index in [-0.39, 0.29) is 0 Å². The van der Waals surface area contributed by atoms with E-state index in [0.717, 1.165) is 78.9 Å². The number of ether oxygens (including phenoxy) is 1. The first-order valence-corrected chi connectivity index (χ1v) is 16.4. The summed E-state index contributed by atoms with van der Waals surface area (Å²) in [5.74, 6) is 1.91. The number of rotatable bonds is 16. The molecule has 0 radical (unpaired) electrons. The Morgan fingerprint density at radius 2 is 1.81 bits per heavy atom. The maximum absolute atomic E-state index is 12.6. The number of carboxylic acids is 1. The molecular formula is C37H41N7O3. The van der Waals surface area contributed by atoms with Crippen LogP contribution in [0.5, 0.6) is 5.75 Å². The summed E-state index contributed by atoms with van der Waals surface area (Å²) in [6.45, 7) is 3.59. The maximum atomic E-state index is 12.6. The number of nitrogens with one attached hydrogen (secondary N) is 2. The van der Waals surface area contributed by atoms with Crippen LogP contribution in [0.4, 0.5) is 11.6 Å². The highest BCUT2D eigenvalue weighted by atomic mass is 16.5. The van der Waals surface area contributed by atoms with Gasteiger partial charge in [-0.25, -0.2) is 19.7 Å². The average molecular weight is 632 g/mol. The van der Waals surface area contributed by atoms with Gasteiger partial charge in [-0.15, -0.1) is 0 Å². The van der Waals surface area contributed by atoms with Crippen molar-refractivity contribution in [2.75, 3.05) is 43.4 Å². The molecule has 0 spiro atoms. The van der Waals surface area contributed by atoms with Crippen LogP contribution in [0.1, 0.15) is 36.9 Å². The van der Waals surface area contributed by atoms with Gasteiger partial charge in [0.05, 0.1) is 5.52 Å². The predicted octanol–water partition coefficient (Wildman–Crippen LogP) is 6.10. The number of nitrogens with zero attached hydrogens (tertiary/aromatic N) is 5. The van der Waals surface area contributed by atoms with Gasteiger partial charge >= 0.3 is 5.97 Å². The molecule has 1 aliphatic rings. The number of aryl methyl sites for hydroxylation is 2. The maximum Gasteiger partial charge on any atom is 0.326 e. The highest BCUT2D eigenvalue weighted by molar-refractivity contribution is 5.92. The topological polar surface area (TPSA) is 125 Å². The van der Waals surface area contributed by atoms with Crippen LogP contribution in [-0.2, 0) is 17.6 Å². The van der Waals surface area contributed by atoms with E-state index in [1.54, 1.807) is 12.4 Å². The van der Waals surface area contributed by atoms with Crippen molar-refractivity contribution in [3.8, 4) is 17.1 Å². The summed E-state index contributed by atoms with van der Waals surface area (Å²) >= 11 is 0. The number of aromatic nitrogens is 4. The van der Waals surface area contributed by atoms with Crippen molar-refractivity contribution in [3.63, 3.8) is 0 Å². The van der Waals surface area contributed by atoms with E-state index in [4.69, 9.17) is 19.7 Å². The number of benzene rings is 2. The van der Waals surface area contributed by atoms with Gasteiger partial charge in [0.25, 0.3) is 0 Å². The Kier molecular flexibility index (Phi) is 10.8. The first-order chi connectivity index (χ1) is 23.1. The fraction of sp³-hybridized carbons (Fsp3) is 0.324. The highest BCUT2D eigenvalue weighted by Gasteiger charge is 2.21. The number of pyridine rings is 2. The Labute approximate surface area is 275 Å². The molecule has 0 amide bonds. The number of fused-ring (bicyclic) bond motifs is 2. The molecule has 10 nitrogen and oxygen atoms in total. The lowest BCUT2D eigenvalue weighted by atomic mass is 10.1. The zero-order chi connectivity index (χ0) is 32.3. The molecule has 0 saturated carbocycles. The summed E-state index contributed by atoms with van der Waals surface area (Å²) in [7, 11) is 0. The number of para-hydroxylation sites is 2. The zero-order valence-corrected chi connectivity index (χ0v) is 26.5. The summed E-state index contributed by atoms with van der Waals surface area (Å²) in [6.07, 6.45) is 8.89. The van der Waals surface area contributed by atoms with Gasteiger partial charge in [-0.3, -0.25) is 9.88 Å². The van der Waals surface area contributed by atoms with E-state index in [2.05, 4.69) is 32.7 Å². The molecule has 3 N–H and O–H groups in total. The standard InChI is InChI=1S/C37H41N7O3/c45-37(46)33(42-36-31-15-4-5-16-32(31)41-35(43-36)28-11-8-20-38-26-28)19-23-44(24-25-47-30-13-2-1-3-14-30)22-7-6-12-29-18-17-27-10-9-21-39-34(27)40-29/h1-5,8,11,13-18,20,26,33H,6-7,9-10,12,19,21-25H2,(H,39,40)(H,45,46)(H,41,42,43)/t33-/m0/s1. The van der Waals surface area contributed by atoms with Crippen molar-refractivity contribution in [2.24, 2.45) is 0 Å². The van der Waals surface area contributed by atoms with Crippen LogP contribution in [0.3, 0.4) is 0 Å². The Hall–Kier alpha value is -5.09. The molecule has 0 saturated heterocycles. The molecular weight excluding hydrogens is 590 g/mol. The summed E-state index contributed by atoms with van der Waals surface area (Å²) in [6, 6.07) is 24.6. The van der Waals surface area contributed by atoms with Gasteiger partial charge in [0.1, 0.15) is 30.0 Å². The minimum atomic E-state index is -0.928. The Bertz CT molecular complexity index is 1750. The fourth-order valence-corrected chi connectivity index (χ4v) is 5.84. The second-order valence-electron chi connectivity index (χ2n) is 11.8. The molecule has 1 aliphatic heterocycles. The Morgan fingerprint density at radius 3 is 2.66 bits per heavy atom. The number of hydrogen-bond acceptors (Lipinski definition) is 9. The summed E-state index contributed by atoms with van der Waals surface area (Å²) < 4.78 is 6.01. The number of anilines is 2. The Balaban J connectivity index is 1.11. The average Bonchev–Trinajstić information content (AvgIpc) is 3.12. The van der Waals surface area contributed by atoms with E-state index in [1.165, 1.54) is 5.56 Å².